The number of pyridine rings is 1. The minimum absolute atomic E-state index is 0.320. The minimum atomic E-state index is -0.380. The first-order valence-corrected chi connectivity index (χ1v) is 5.84. The van der Waals surface area contributed by atoms with Crippen LogP contribution >= 0.6 is 0 Å². The number of benzene rings is 1. The number of H-pyrrole nitrogens is 1. The van der Waals surface area contributed by atoms with E-state index in [9.17, 15) is 4.39 Å². The third kappa shape index (κ3) is 1.93. The van der Waals surface area contributed by atoms with Crippen molar-refractivity contribution in [2.24, 2.45) is 0 Å². The molecule has 0 spiro atoms. The second-order valence-electron chi connectivity index (χ2n) is 4.29. The molecule has 3 aromatic rings. The zero-order chi connectivity index (χ0) is 13.4. The summed E-state index contributed by atoms with van der Waals surface area (Å²) in [6.07, 6.45) is 1.73. The SMILES string of the molecule is COc1cccc(F)c1-c1nc2ncc(C)cc2[nH]1. The van der Waals surface area contributed by atoms with Crippen molar-refractivity contribution < 1.29 is 9.13 Å². The molecule has 0 fully saturated rings. The maximum atomic E-state index is 14.0. The second kappa shape index (κ2) is 4.35. The standard InChI is InChI=1S/C14H12FN3O/c1-8-6-10-13(16-7-8)18-14(17-10)12-9(15)4-3-5-11(12)19-2/h3-7H,1-2H3,(H,16,17,18). The topological polar surface area (TPSA) is 50.8 Å². The average molecular weight is 257 g/mol. The van der Waals surface area contributed by atoms with Crippen molar-refractivity contribution in [2.75, 3.05) is 7.11 Å². The number of nitrogens with zero attached hydrogens (tertiary/aromatic N) is 2. The molecule has 19 heavy (non-hydrogen) atoms. The van der Waals surface area contributed by atoms with Crippen LogP contribution in [-0.4, -0.2) is 22.1 Å². The van der Waals surface area contributed by atoms with Crippen LogP contribution in [0.25, 0.3) is 22.6 Å². The number of aromatic nitrogens is 3. The van der Waals surface area contributed by atoms with Crippen molar-refractivity contribution in [3.63, 3.8) is 0 Å². The summed E-state index contributed by atoms with van der Waals surface area (Å²) in [5, 5.41) is 0. The molecule has 0 radical (unpaired) electrons. The molecular formula is C14H12FN3O. The number of aromatic amines is 1. The van der Waals surface area contributed by atoms with E-state index in [4.69, 9.17) is 4.74 Å². The number of nitrogens with one attached hydrogen (secondary N) is 1. The highest BCUT2D eigenvalue weighted by molar-refractivity contribution is 5.78. The number of imidazole rings is 1. The normalized spacial score (nSPS) is 10.9. The molecule has 4 nitrogen and oxygen atoms in total. The lowest BCUT2D eigenvalue weighted by Crippen LogP contribution is -1.92. The number of ether oxygens (including phenoxy) is 1. The Kier molecular flexibility index (Phi) is 2.67. The fourth-order valence-electron chi connectivity index (χ4n) is 2.03. The summed E-state index contributed by atoms with van der Waals surface area (Å²) >= 11 is 0. The molecule has 1 aromatic carbocycles. The van der Waals surface area contributed by atoms with Gasteiger partial charge in [0.05, 0.1) is 18.2 Å². The lowest BCUT2D eigenvalue weighted by Gasteiger charge is -2.06. The summed E-state index contributed by atoms with van der Waals surface area (Å²) in [5.74, 6) is 0.481. The van der Waals surface area contributed by atoms with E-state index in [0.29, 0.717) is 22.8 Å². The van der Waals surface area contributed by atoms with Crippen LogP contribution in [0.4, 0.5) is 4.39 Å². The highest BCUT2D eigenvalue weighted by atomic mass is 19.1. The summed E-state index contributed by atoms with van der Waals surface area (Å²) in [4.78, 5) is 11.6. The van der Waals surface area contributed by atoms with E-state index in [1.165, 1.54) is 13.2 Å². The Hall–Kier alpha value is -2.43. The van der Waals surface area contributed by atoms with Gasteiger partial charge in [-0.1, -0.05) is 6.07 Å². The number of fused-ring (bicyclic) bond motifs is 1. The maximum absolute atomic E-state index is 14.0. The molecule has 0 atom stereocenters. The number of rotatable bonds is 2. The molecule has 2 aromatic heterocycles. The lowest BCUT2D eigenvalue weighted by atomic mass is 10.2. The highest BCUT2D eigenvalue weighted by Gasteiger charge is 2.15. The van der Waals surface area contributed by atoms with E-state index in [1.807, 2.05) is 13.0 Å². The Morgan fingerprint density at radius 1 is 1.32 bits per heavy atom. The van der Waals surface area contributed by atoms with E-state index in [1.54, 1.807) is 18.3 Å². The summed E-state index contributed by atoms with van der Waals surface area (Å²) in [6.45, 7) is 1.94. The van der Waals surface area contributed by atoms with Gasteiger partial charge in [-0.15, -0.1) is 0 Å². The molecule has 0 amide bonds. The van der Waals surface area contributed by atoms with Gasteiger partial charge in [-0.2, -0.15) is 0 Å². The molecule has 0 aliphatic carbocycles. The summed E-state index contributed by atoms with van der Waals surface area (Å²) < 4.78 is 19.2. The molecular weight excluding hydrogens is 245 g/mol. The van der Waals surface area contributed by atoms with Crippen LogP contribution < -0.4 is 4.74 Å². The van der Waals surface area contributed by atoms with Crippen LogP contribution in [0.2, 0.25) is 0 Å². The van der Waals surface area contributed by atoms with Gasteiger partial charge in [0.1, 0.15) is 17.4 Å². The predicted octanol–water partition coefficient (Wildman–Crippen LogP) is 3.08. The fourth-order valence-corrected chi connectivity index (χ4v) is 2.03. The van der Waals surface area contributed by atoms with Crippen molar-refractivity contribution in [3.05, 3.63) is 41.8 Å². The van der Waals surface area contributed by atoms with Gasteiger partial charge in [-0.25, -0.2) is 14.4 Å². The van der Waals surface area contributed by atoms with Crippen LogP contribution in [0.15, 0.2) is 30.5 Å². The van der Waals surface area contributed by atoms with Crippen molar-refractivity contribution in [1.29, 1.82) is 0 Å². The summed E-state index contributed by atoms with van der Waals surface area (Å²) in [6, 6.07) is 6.60. The van der Waals surface area contributed by atoms with Crippen molar-refractivity contribution in [3.8, 4) is 17.1 Å². The van der Waals surface area contributed by atoms with Crippen molar-refractivity contribution in [1.82, 2.24) is 15.0 Å². The van der Waals surface area contributed by atoms with Gasteiger partial charge < -0.3 is 9.72 Å². The highest BCUT2D eigenvalue weighted by Crippen LogP contribution is 2.31. The van der Waals surface area contributed by atoms with Crippen LogP contribution in [0.1, 0.15) is 5.56 Å². The van der Waals surface area contributed by atoms with Crippen LogP contribution in [0, 0.1) is 12.7 Å². The largest absolute Gasteiger partial charge is 0.496 e. The average Bonchev–Trinajstić information content (AvgIpc) is 2.80. The molecule has 3 rings (SSSR count). The predicted molar refractivity (Wildman–Crippen MR) is 70.6 cm³/mol. The lowest BCUT2D eigenvalue weighted by molar-refractivity contribution is 0.413. The van der Waals surface area contributed by atoms with Crippen LogP contribution in [0.3, 0.4) is 0 Å². The Balaban J connectivity index is 2.24. The Morgan fingerprint density at radius 3 is 2.95 bits per heavy atom. The van der Waals surface area contributed by atoms with E-state index < -0.39 is 0 Å². The van der Waals surface area contributed by atoms with Gasteiger partial charge in [0.15, 0.2) is 5.65 Å². The molecule has 0 saturated heterocycles. The smallest absolute Gasteiger partial charge is 0.178 e. The molecule has 0 unspecified atom stereocenters. The summed E-state index contributed by atoms with van der Waals surface area (Å²) in [7, 11) is 1.50. The molecule has 0 aliphatic heterocycles. The maximum Gasteiger partial charge on any atom is 0.178 e. The number of methoxy groups -OCH3 is 1. The molecule has 0 bridgehead atoms. The minimum Gasteiger partial charge on any atom is -0.496 e. The second-order valence-corrected chi connectivity index (χ2v) is 4.29. The summed E-state index contributed by atoms with van der Waals surface area (Å²) in [5.41, 5.74) is 2.68. The van der Waals surface area contributed by atoms with Gasteiger partial charge >= 0.3 is 0 Å². The Labute approximate surface area is 109 Å². The van der Waals surface area contributed by atoms with E-state index in [0.717, 1.165) is 11.1 Å². The number of aryl methyl sites for hydroxylation is 1. The number of hydrogen-bond acceptors (Lipinski definition) is 3. The first-order valence-electron chi connectivity index (χ1n) is 5.84. The zero-order valence-corrected chi connectivity index (χ0v) is 10.6. The molecule has 96 valence electrons. The Morgan fingerprint density at radius 2 is 2.16 bits per heavy atom. The monoisotopic (exact) mass is 257 g/mol. The molecule has 1 N–H and O–H groups in total. The van der Waals surface area contributed by atoms with Gasteiger partial charge in [0.25, 0.3) is 0 Å². The molecule has 5 heteroatoms. The first kappa shape index (κ1) is 11.6. The molecule has 0 saturated carbocycles. The van der Waals surface area contributed by atoms with Gasteiger partial charge in [0.2, 0.25) is 0 Å². The van der Waals surface area contributed by atoms with Gasteiger partial charge in [0, 0.05) is 6.20 Å². The van der Waals surface area contributed by atoms with Crippen molar-refractivity contribution in [2.45, 2.75) is 6.92 Å². The zero-order valence-electron chi connectivity index (χ0n) is 10.6. The third-order valence-corrected chi connectivity index (χ3v) is 2.91. The van der Waals surface area contributed by atoms with Gasteiger partial charge in [-0.3, -0.25) is 0 Å². The number of halogens is 1. The first-order chi connectivity index (χ1) is 9.19. The number of hydrogen-bond donors (Lipinski definition) is 1. The third-order valence-electron chi connectivity index (χ3n) is 2.91. The molecule has 0 aliphatic rings. The van der Waals surface area contributed by atoms with Crippen molar-refractivity contribution >= 4 is 11.2 Å². The van der Waals surface area contributed by atoms with Gasteiger partial charge in [-0.05, 0) is 30.7 Å². The fraction of sp³-hybridized carbons (Fsp3) is 0.143. The van der Waals surface area contributed by atoms with E-state index >= 15 is 0 Å². The quantitative estimate of drug-likeness (QED) is 0.767. The van der Waals surface area contributed by atoms with Crippen LogP contribution in [0.5, 0.6) is 5.75 Å². The van der Waals surface area contributed by atoms with E-state index in [2.05, 4.69) is 15.0 Å². The van der Waals surface area contributed by atoms with Crippen LogP contribution in [-0.2, 0) is 0 Å². The molecule has 2 heterocycles. The Bertz CT molecular complexity index is 752. The van der Waals surface area contributed by atoms with E-state index in [-0.39, 0.29) is 5.82 Å².